The zero-order valence-corrected chi connectivity index (χ0v) is 31.6. The molecule has 57 heavy (non-hydrogen) atoms. The third kappa shape index (κ3) is 4.24. The summed E-state index contributed by atoms with van der Waals surface area (Å²) in [5.41, 5.74) is 9.58. The Hall–Kier alpha value is -7.20. The van der Waals surface area contributed by atoms with Gasteiger partial charge in [0.2, 0.25) is 0 Å². The van der Waals surface area contributed by atoms with Crippen LogP contribution in [-0.2, 0) is 0 Å². The minimum atomic E-state index is 1.14. The number of aromatic nitrogens is 2. The van der Waals surface area contributed by atoms with Crippen LogP contribution in [0.1, 0.15) is 0 Å². The molecule has 0 saturated heterocycles. The Morgan fingerprint density at radius 1 is 0.281 bits per heavy atom. The van der Waals surface area contributed by atoms with Gasteiger partial charge in [0.25, 0.3) is 0 Å². The maximum absolute atomic E-state index is 2.54. The van der Waals surface area contributed by atoms with Crippen molar-refractivity contribution in [2.75, 3.05) is 0 Å². The number of para-hydroxylation sites is 3. The van der Waals surface area contributed by atoms with E-state index in [4.69, 9.17) is 0 Å². The van der Waals surface area contributed by atoms with Crippen molar-refractivity contribution in [3.05, 3.63) is 194 Å². The highest BCUT2D eigenvalue weighted by molar-refractivity contribution is 7.25. The summed E-state index contributed by atoms with van der Waals surface area (Å²) in [5.74, 6) is 0. The van der Waals surface area contributed by atoms with Gasteiger partial charge in [0.05, 0.1) is 22.1 Å². The smallest absolute Gasteiger partial charge is 0.0795 e. The Morgan fingerprint density at radius 3 is 1.32 bits per heavy atom. The number of fused-ring (bicyclic) bond motifs is 18. The van der Waals surface area contributed by atoms with E-state index >= 15 is 0 Å². The molecule has 0 aliphatic carbocycles. The average molecular weight is 741 g/mol. The Balaban J connectivity index is 1.20. The molecule has 13 aromatic rings. The van der Waals surface area contributed by atoms with Gasteiger partial charge >= 0.3 is 0 Å². The number of hydrogen-bond acceptors (Lipinski definition) is 1. The van der Waals surface area contributed by atoms with Crippen molar-refractivity contribution in [2.45, 2.75) is 0 Å². The lowest BCUT2D eigenvalue weighted by Gasteiger charge is -2.17. The Kier molecular flexibility index (Phi) is 6.35. The van der Waals surface area contributed by atoms with Crippen molar-refractivity contribution in [3.63, 3.8) is 0 Å². The van der Waals surface area contributed by atoms with Crippen LogP contribution in [0.3, 0.4) is 0 Å². The fraction of sp³-hybridized carbons (Fsp3) is 0. The van der Waals surface area contributed by atoms with Crippen molar-refractivity contribution in [1.82, 2.24) is 9.13 Å². The summed E-state index contributed by atoms with van der Waals surface area (Å²) in [6.45, 7) is 0. The maximum atomic E-state index is 2.54. The molecule has 0 saturated carbocycles. The molecule has 0 amide bonds. The van der Waals surface area contributed by atoms with Gasteiger partial charge in [-0.1, -0.05) is 146 Å². The Bertz CT molecular complexity index is 3790. The molecule has 0 aliphatic rings. The van der Waals surface area contributed by atoms with Gasteiger partial charge < -0.3 is 9.13 Å². The zero-order valence-electron chi connectivity index (χ0n) is 30.8. The molecule has 0 fully saturated rings. The monoisotopic (exact) mass is 740 g/mol. The van der Waals surface area contributed by atoms with Crippen LogP contribution in [0, 0.1) is 0 Å². The van der Waals surface area contributed by atoms with Gasteiger partial charge in [-0.2, -0.15) is 0 Å². The molecule has 0 aliphatic heterocycles. The molecule has 3 aromatic heterocycles. The minimum absolute atomic E-state index is 1.14. The van der Waals surface area contributed by atoms with E-state index in [1.807, 2.05) is 11.3 Å². The molecule has 3 heteroatoms. The molecule has 0 bridgehead atoms. The van der Waals surface area contributed by atoms with E-state index in [2.05, 4.69) is 203 Å². The van der Waals surface area contributed by atoms with Gasteiger partial charge in [-0.15, -0.1) is 11.3 Å². The average Bonchev–Trinajstić information content (AvgIpc) is 3.94. The van der Waals surface area contributed by atoms with Crippen LogP contribution >= 0.6 is 11.3 Å². The zero-order chi connectivity index (χ0) is 37.2. The van der Waals surface area contributed by atoms with Gasteiger partial charge in [-0.25, -0.2) is 0 Å². The quantitative estimate of drug-likeness (QED) is 0.160. The van der Waals surface area contributed by atoms with Gasteiger partial charge in [0, 0.05) is 63.9 Å². The summed E-state index contributed by atoms with van der Waals surface area (Å²) >= 11 is 1.87. The molecule has 0 N–H and O–H groups in total. The van der Waals surface area contributed by atoms with E-state index in [0.717, 1.165) is 11.4 Å². The first-order valence-corrected chi connectivity index (χ1v) is 20.4. The van der Waals surface area contributed by atoms with Crippen molar-refractivity contribution in [2.24, 2.45) is 0 Å². The summed E-state index contributed by atoms with van der Waals surface area (Å²) in [5, 5.41) is 15.5. The molecule has 10 aromatic carbocycles. The highest BCUT2D eigenvalue weighted by Crippen LogP contribution is 2.51. The van der Waals surface area contributed by atoms with Crippen molar-refractivity contribution < 1.29 is 0 Å². The standard InChI is InChI=1S/C54H32N2S/c1-2-14-35(15-3-1)55-45-23-11-8-21-43(45)51-49-41-19-6-4-16-37(41)38-17-5-7-20-42(38)50(49)52-44-22-9-12-24-46(44)56(54(52)53(51)55)36-29-26-33(27-30-36)34-28-31-40-39-18-10-13-25-47(39)57-48(40)32-34/h1-32H. The normalized spacial score (nSPS) is 12.2. The number of hydrogen-bond donors (Lipinski definition) is 0. The molecule has 3 heterocycles. The number of benzene rings is 10. The predicted octanol–water partition coefficient (Wildman–Crippen LogP) is 15.4. The van der Waals surface area contributed by atoms with Gasteiger partial charge in [-0.3, -0.25) is 0 Å². The lowest BCUT2D eigenvalue weighted by atomic mass is 9.89. The highest BCUT2D eigenvalue weighted by atomic mass is 32.1. The van der Waals surface area contributed by atoms with E-state index in [-0.39, 0.29) is 0 Å². The topological polar surface area (TPSA) is 9.86 Å². The highest BCUT2D eigenvalue weighted by Gasteiger charge is 2.27. The molecular formula is C54H32N2S. The number of nitrogens with zero attached hydrogens (tertiary/aromatic N) is 2. The largest absolute Gasteiger partial charge is 0.307 e. The predicted molar refractivity (Wildman–Crippen MR) is 246 cm³/mol. The first kappa shape index (κ1) is 31.1. The molecule has 0 radical (unpaired) electrons. The summed E-state index contributed by atoms with van der Waals surface area (Å²) in [4.78, 5) is 0. The van der Waals surface area contributed by atoms with Crippen LogP contribution in [-0.4, -0.2) is 9.13 Å². The fourth-order valence-electron chi connectivity index (χ4n) is 9.92. The second kappa shape index (κ2) is 11.7. The lowest BCUT2D eigenvalue weighted by Crippen LogP contribution is -1.99. The molecule has 0 atom stereocenters. The van der Waals surface area contributed by atoms with Crippen molar-refractivity contribution >= 4 is 107 Å². The van der Waals surface area contributed by atoms with Crippen molar-refractivity contribution in [3.8, 4) is 22.5 Å². The minimum Gasteiger partial charge on any atom is -0.307 e. The summed E-state index contributed by atoms with van der Waals surface area (Å²) in [7, 11) is 0. The third-order valence-electron chi connectivity index (χ3n) is 12.3. The fourth-order valence-corrected chi connectivity index (χ4v) is 11.1. The van der Waals surface area contributed by atoms with E-state index in [0.29, 0.717) is 0 Å². The van der Waals surface area contributed by atoms with Gasteiger partial charge in [0.1, 0.15) is 0 Å². The van der Waals surface area contributed by atoms with Crippen LogP contribution in [0.5, 0.6) is 0 Å². The Morgan fingerprint density at radius 2 is 0.719 bits per heavy atom. The molecule has 2 nitrogen and oxygen atoms in total. The maximum Gasteiger partial charge on any atom is 0.0795 e. The van der Waals surface area contributed by atoms with E-state index in [1.54, 1.807) is 0 Å². The first-order chi connectivity index (χ1) is 28.3. The second-order valence-electron chi connectivity index (χ2n) is 15.2. The van der Waals surface area contributed by atoms with Crippen LogP contribution in [0.2, 0.25) is 0 Å². The van der Waals surface area contributed by atoms with Crippen LogP contribution in [0.15, 0.2) is 194 Å². The second-order valence-corrected chi connectivity index (χ2v) is 16.3. The summed E-state index contributed by atoms with van der Waals surface area (Å²) in [6.07, 6.45) is 0. The van der Waals surface area contributed by atoms with Crippen LogP contribution < -0.4 is 0 Å². The SMILES string of the molecule is c1ccc(-n2c3ccccc3c3c4c5ccccc5c5ccccc5c4c4c5ccccc5n(-c5ccc(-c6ccc7c(c6)sc6ccccc67)cc5)c4c32)cc1. The van der Waals surface area contributed by atoms with Crippen LogP contribution in [0.25, 0.3) is 119 Å². The van der Waals surface area contributed by atoms with E-state index in [1.165, 1.54) is 107 Å². The van der Waals surface area contributed by atoms with Crippen molar-refractivity contribution in [1.29, 1.82) is 0 Å². The first-order valence-electron chi connectivity index (χ1n) is 19.6. The molecule has 0 spiro atoms. The van der Waals surface area contributed by atoms with Gasteiger partial charge in [-0.05, 0) is 81.2 Å². The number of thiophene rings is 1. The van der Waals surface area contributed by atoms with E-state index in [9.17, 15) is 0 Å². The molecule has 264 valence electrons. The summed E-state index contributed by atoms with van der Waals surface area (Å²) < 4.78 is 7.70. The van der Waals surface area contributed by atoms with E-state index < -0.39 is 0 Å². The third-order valence-corrected chi connectivity index (χ3v) is 13.4. The molecule has 0 unspecified atom stereocenters. The molecule has 13 rings (SSSR count). The molecular weight excluding hydrogens is 709 g/mol. The Labute approximate surface area is 331 Å². The number of rotatable bonds is 3. The summed E-state index contributed by atoms with van der Waals surface area (Å²) in [6, 6.07) is 71.8. The van der Waals surface area contributed by atoms with Gasteiger partial charge in [0.15, 0.2) is 0 Å². The lowest BCUT2D eigenvalue weighted by molar-refractivity contribution is 1.15. The van der Waals surface area contributed by atoms with Crippen LogP contribution in [0.4, 0.5) is 0 Å².